The Morgan fingerprint density at radius 2 is 1.67 bits per heavy atom. The fraction of sp³-hybridized carbons (Fsp3) is 0.455. The zero-order valence-corrected chi connectivity index (χ0v) is 10.3. The van der Waals surface area contributed by atoms with Crippen molar-refractivity contribution in [3.8, 4) is 0 Å². The van der Waals surface area contributed by atoms with E-state index >= 15 is 0 Å². The Hall–Kier alpha value is -0.280. The summed E-state index contributed by atoms with van der Waals surface area (Å²) in [4.78, 5) is 0. The first-order chi connectivity index (χ1) is 6.95. The van der Waals surface area contributed by atoms with E-state index in [-0.39, 0.29) is 12.0 Å². The summed E-state index contributed by atoms with van der Waals surface area (Å²) < 4.78 is 0. The third-order valence-electron chi connectivity index (χ3n) is 2.43. The molecule has 0 aliphatic rings. The van der Waals surface area contributed by atoms with Crippen molar-refractivity contribution in [2.75, 3.05) is 0 Å². The summed E-state index contributed by atoms with van der Waals surface area (Å²) in [6.45, 7) is 3.89. The van der Waals surface area contributed by atoms with Crippen LogP contribution in [0.3, 0.4) is 0 Å². The van der Waals surface area contributed by atoms with Gasteiger partial charge in [0.25, 0.3) is 0 Å². The first kappa shape index (κ1) is 12.8. The van der Waals surface area contributed by atoms with E-state index in [9.17, 15) is 5.11 Å². The van der Waals surface area contributed by atoms with E-state index in [1.165, 1.54) is 0 Å². The molecule has 0 saturated heterocycles. The Morgan fingerprint density at radius 3 is 2.07 bits per heavy atom. The molecule has 4 heteroatoms. The Bertz CT molecular complexity index is 321. The molecule has 0 fully saturated rings. The molecule has 0 amide bonds. The molecule has 0 saturated carbocycles. The largest absolute Gasteiger partial charge is 0.387 e. The highest BCUT2D eigenvalue weighted by Gasteiger charge is 2.24. The second-order valence-electron chi connectivity index (χ2n) is 3.90. The first-order valence-electron chi connectivity index (χ1n) is 4.82. The van der Waals surface area contributed by atoms with E-state index in [1.54, 1.807) is 18.2 Å². The molecule has 1 aromatic rings. The van der Waals surface area contributed by atoms with Crippen LogP contribution in [0.25, 0.3) is 0 Å². The normalized spacial score (nSPS) is 15.4. The van der Waals surface area contributed by atoms with E-state index in [1.807, 2.05) is 13.8 Å². The Morgan fingerprint density at radius 1 is 1.20 bits per heavy atom. The minimum Gasteiger partial charge on any atom is -0.387 e. The van der Waals surface area contributed by atoms with Crippen LogP contribution in [0.1, 0.15) is 25.5 Å². The number of hydrogen-bond donors (Lipinski definition) is 2. The number of benzene rings is 1. The Kier molecular flexibility index (Phi) is 4.41. The maximum atomic E-state index is 10.0. The topological polar surface area (TPSA) is 46.2 Å². The van der Waals surface area contributed by atoms with Crippen LogP contribution in [0.4, 0.5) is 0 Å². The van der Waals surface area contributed by atoms with Gasteiger partial charge in [0.2, 0.25) is 0 Å². The average Bonchev–Trinajstić information content (AvgIpc) is 2.15. The molecule has 0 bridgehead atoms. The van der Waals surface area contributed by atoms with Crippen molar-refractivity contribution in [2.24, 2.45) is 11.7 Å². The molecule has 2 atom stereocenters. The lowest BCUT2D eigenvalue weighted by Crippen LogP contribution is -2.33. The number of rotatable bonds is 3. The van der Waals surface area contributed by atoms with Gasteiger partial charge in [-0.05, 0) is 18.1 Å². The van der Waals surface area contributed by atoms with Crippen LogP contribution in [-0.2, 0) is 0 Å². The second kappa shape index (κ2) is 5.17. The van der Waals surface area contributed by atoms with E-state index in [4.69, 9.17) is 28.9 Å². The summed E-state index contributed by atoms with van der Waals surface area (Å²) in [5.74, 6) is 0.160. The van der Waals surface area contributed by atoms with Crippen LogP contribution in [0, 0.1) is 5.92 Å². The van der Waals surface area contributed by atoms with Gasteiger partial charge in [-0.15, -0.1) is 0 Å². The van der Waals surface area contributed by atoms with E-state index in [0.717, 1.165) is 0 Å². The van der Waals surface area contributed by atoms with Crippen LogP contribution >= 0.6 is 23.2 Å². The first-order valence-corrected chi connectivity index (χ1v) is 5.58. The highest BCUT2D eigenvalue weighted by atomic mass is 35.5. The molecule has 0 aromatic heterocycles. The zero-order valence-electron chi connectivity index (χ0n) is 8.74. The summed E-state index contributed by atoms with van der Waals surface area (Å²) in [5.41, 5.74) is 6.38. The third kappa shape index (κ3) is 2.85. The van der Waals surface area contributed by atoms with Gasteiger partial charge < -0.3 is 10.8 Å². The molecule has 0 spiro atoms. The molecule has 1 rings (SSSR count). The van der Waals surface area contributed by atoms with Gasteiger partial charge in [-0.1, -0.05) is 43.1 Å². The monoisotopic (exact) mass is 247 g/mol. The SMILES string of the molecule is CC(C)C(N)C(O)c1c(Cl)cccc1Cl. The standard InChI is InChI=1S/C11H15Cl2NO/c1-6(2)10(14)11(15)9-7(12)4-3-5-8(9)13/h3-6,10-11,15H,14H2,1-2H3. The smallest absolute Gasteiger partial charge is 0.0972 e. The van der Waals surface area contributed by atoms with Crippen LogP contribution < -0.4 is 5.73 Å². The quantitative estimate of drug-likeness (QED) is 0.863. The van der Waals surface area contributed by atoms with Crippen LogP contribution in [-0.4, -0.2) is 11.1 Å². The van der Waals surface area contributed by atoms with Crippen molar-refractivity contribution < 1.29 is 5.11 Å². The highest BCUT2D eigenvalue weighted by Crippen LogP contribution is 2.32. The molecule has 3 N–H and O–H groups in total. The van der Waals surface area contributed by atoms with Crippen molar-refractivity contribution in [3.05, 3.63) is 33.8 Å². The molecule has 84 valence electrons. The van der Waals surface area contributed by atoms with Crippen LogP contribution in [0.5, 0.6) is 0 Å². The number of hydrogen-bond acceptors (Lipinski definition) is 2. The van der Waals surface area contributed by atoms with Gasteiger partial charge in [-0.2, -0.15) is 0 Å². The van der Waals surface area contributed by atoms with Crippen molar-refractivity contribution in [3.63, 3.8) is 0 Å². The van der Waals surface area contributed by atoms with Crippen molar-refractivity contribution in [2.45, 2.75) is 26.0 Å². The average molecular weight is 248 g/mol. The lowest BCUT2D eigenvalue weighted by Gasteiger charge is -2.24. The molecular formula is C11H15Cl2NO. The third-order valence-corrected chi connectivity index (χ3v) is 3.09. The summed E-state index contributed by atoms with van der Waals surface area (Å²) in [6, 6.07) is 4.75. The molecule has 15 heavy (non-hydrogen) atoms. The number of aliphatic hydroxyl groups is 1. The molecule has 0 aliphatic heterocycles. The summed E-state index contributed by atoms with van der Waals surface area (Å²) in [6.07, 6.45) is -0.828. The molecule has 2 nitrogen and oxygen atoms in total. The maximum Gasteiger partial charge on any atom is 0.0972 e. The molecule has 1 aromatic carbocycles. The van der Waals surface area contributed by atoms with E-state index < -0.39 is 6.10 Å². The van der Waals surface area contributed by atoms with Gasteiger partial charge in [0.05, 0.1) is 6.10 Å². The summed E-state index contributed by atoms with van der Waals surface area (Å²) >= 11 is 11.9. The fourth-order valence-electron chi connectivity index (χ4n) is 1.35. The fourth-order valence-corrected chi connectivity index (χ4v) is 1.97. The second-order valence-corrected chi connectivity index (χ2v) is 4.72. The van der Waals surface area contributed by atoms with Crippen molar-refractivity contribution >= 4 is 23.2 Å². The van der Waals surface area contributed by atoms with E-state index in [2.05, 4.69) is 0 Å². The lowest BCUT2D eigenvalue weighted by atomic mass is 9.94. The summed E-state index contributed by atoms with van der Waals surface area (Å²) in [7, 11) is 0. The highest BCUT2D eigenvalue weighted by molar-refractivity contribution is 6.36. The molecule has 0 radical (unpaired) electrons. The number of nitrogens with two attached hydrogens (primary N) is 1. The van der Waals surface area contributed by atoms with Crippen LogP contribution in [0.15, 0.2) is 18.2 Å². The van der Waals surface area contributed by atoms with Gasteiger partial charge >= 0.3 is 0 Å². The predicted octanol–water partition coefficient (Wildman–Crippen LogP) is 3.01. The zero-order chi connectivity index (χ0) is 11.6. The van der Waals surface area contributed by atoms with Gasteiger partial charge in [0.1, 0.15) is 0 Å². The van der Waals surface area contributed by atoms with Gasteiger partial charge in [0.15, 0.2) is 0 Å². The lowest BCUT2D eigenvalue weighted by molar-refractivity contribution is 0.126. The van der Waals surface area contributed by atoms with Crippen LogP contribution in [0.2, 0.25) is 10.0 Å². The van der Waals surface area contributed by atoms with Gasteiger partial charge in [-0.25, -0.2) is 0 Å². The molecule has 2 unspecified atom stereocenters. The molecule has 0 heterocycles. The molecular weight excluding hydrogens is 233 g/mol. The van der Waals surface area contributed by atoms with Gasteiger partial charge in [-0.3, -0.25) is 0 Å². The Balaban J connectivity index is 3.05. The number of halogens is 2. The van der Waals surface area contributed by atoms with Gasteiger partial charge in [0, 0.05) is 21.7 Å². The minimum atomic E-state index is -0.828. The van der Waals surface area contributed by atoms with Crippen molar-refractivity contribution in [1.29, 1.82) is 0 Å². The van der Waals surface area contributed by atoms with E-state index in [0.29, 0.717) is 15.6 Å². The summed E-state index contributed by atoms with van der Waals surface area (Å²) in [5, 5.41) is 10.9. The molecule has 0 aliphatic carbocycles. The minimum absolute atomic E-state index is 0.160. The predicted molar refractivity (Wildman–Crippen MR) is 64.2 cm³/mol. The number of aliphatic hydroxyl groups excluding tert-OH is 1. The maximum absolute atomic E-state index is 10.0. The Labute approximate surface area is 100.0 Å². The van der Waals surface area contributed by atoms with Crippen molar-refractivity contribution in [1.82, 2.24) is 0 Å².